The number of hydrogen-bond donors (Lipinski definition) is 0. The third-order valence-corrected chi connectivity index (χ3v) is 7.71. The van der Waals surface area contributed by atoms with E-state index in [1.54, 1.807) is 6.07 Å². The molecule has 0 N–H and O–H groups in total. The summed E-state index contributed by atoms with van der Waals surface area (Å²) in [4.78, 5) is 12.6. The van der Waals surface area contributed by atoms with Crippen LogP contribution in [0, 0.1) is 23.4 Å². The maximum atomic E-state index is 14.9. The van der Waals surface area contributed by atoms with Crippen LogP contribution in [0.5, 0.6) is 5.75 Å². The van der Waals surface area contributed by atoms with E-state index in [9.17, 15) is 18.0 Å². The second-order valence-corrected chi connectivity index (χ2v) is 10.4. The van der Waals surface area contributed by atoms with Crippen molar-refractivity contribution < 1.29 is 22.7 Å². The first kappa shape index (κ1) is 27.7. The first-order chi connectivity index (χ1) is 18.4. The number of hydrogen-bond acceptors (Lipinski definition) is 2. The Morgan fingerprint density at radius 2 is 1.63 bits per heavy atom. The summed E-state index contributed by atoms with van der Waals surface area (Å²) in [6.07, 6.45) is 9.61. The highest BCUT2D eigenvalue weighted by molar-refractivity contribution is 5.91. The van der Waals surface area contributed by atoms with E-state index in [1.165, 1.54) is 17.7 Å². The SMILES string of the molecule is CC=CCCc1c(F)cc(OC(=O)c2ccc(C3CCC(C[C@H](C)c4ccccc4)CC3)cc2F)cc1F. The van der Waals surface area contributed by atoms with E-state index in [0.717, 1.165) is 49.8 Å². The summed E-state index contributed by atoms with van der Waals surface area (Å²) in [6, 6.07) is 17.1. The van der Waals surface area contributed by atoms with Crippen LogP contribution < -0.4 is 4.74 Å². The smallest absolute Gasteiger partial charge is 0.346 e. The molecule has 0 radical (unpaired) electrons. The molecule has 0 heterocycles. The van der Waals surface area contributed by atoms with Gasteiger partial charge in [-0.05, 0) is 92.9 Å². The molecule has 1 aliphatic rings. The molecule has 1 fully saturated rings. The third kappa shape index (κ3) is 6.94. The predicted molar refractivity (Wildman–Crippen MR) is 145 cm³/mol. The lowest BCUT2D eigenvalue weighted by molar-refractivity contribution is 0.0729. The Balaban J connectivity index is 1.34. The van der Waals surface area contributed by atoms with Gasteiger partial charge in [0.15, 0.2) is 0 Å². The standard InChI is InChI=1S/C33H35F3O2/c1-3-4-6-11-28-31(35)20-27(21-32(28)36)38-33(37)29-17-16-26(19-30(29)34)25-14-12-23(13-15-25)18-22(2)24-9-7-5-8-10-24/h3-5,7-10,16-17,19-23,25H,6,11-15,18H2,1-2H3/t22-,23?,25?/m0/s1. The molecule has 0 amide bonds. The molecule has 0 spiro atoms. The molecule has 0 saturated heterocycles. The van der Waals surface area contributed by atoms with Crippen molar-refractivity contribution in [2.24, 2.45) is 5.92 Å². The van der Waals surface area contributed by atoms with Gasteiger partial charge in [-0.15, -0.1) is 0 Å². The number of benzene rings is 3. The summed E-state index contributed by atoms with van der Waals surface area (Å²) < 4.78 is 48.8. The molecule has 1 saturated carbocycles. The molecule has 0 bridgehead atoms. The van der Waals surface area contributed by atoms with E-state index in [-0.39, 0.29) is 29.2 Å². The average Bonchev–Trinajstić information content (AvgIpc) is 2.91. The Labute approximate surface area is 223 Å². The van der Waals surface area contributed by atoms with Crippen LogP contribution in [0.2, 0.25) is 0 Å². The van der Waals surface area contributed by atoms with Gasteiger partial charge in [0.25, 0.3) is 0 Å². The Morgan fingerprint density at radius 1 is 0.947 bits per heavy atom. The van der Waals surface area contributed by atoms with Gasteiger partial charge in [-0.25, -0.2) is 18.0 Å². The molecule has 1 aliphatic carbocycles. The number of carbonyl (C=O) groups is 1. The highest BCUT2D eigenvalue weighted by Crippen LogP contribution is 2.40. The lowest BCUT2D eigenvalue weighted by Crippen LogP contribution is -2.16. The number of carbonyl (C=O) groups excluding carboxylic acids is 1. The first-order valence-electron chi connectivity index (χ1n) is 13.5. The van der Waals surface area contributed by atoms with E-state index in [2.05, 4.69) is 31.2 Å². The molecule has 38 heavy (non-hydrogen) atoms. The van der Waals surface area contributed by atoms with Gasteiger partial charge < -0.3 is 4.74 Å². The Bertz CT molecular complexity index is 1240. The maximum absolute atomic E-state index is 14.9. The normalized spacial score (nSPS) is 18.4. The van der Waals surface area contributed by atoms with Gasteiger partial charge in [0.2, 0.25) is 0 Å². The van der Waals surface area contributed by atoms with Gasteiger partial charge in [0.05, 0.1) is 5.56 Å². The van der Waals surface area contributed by atoms with Crippen molar-refractivity contribution in [3.63, 3.8) is 0 Å². The molecular formula is C33H35F3O2. The Morgan fingerprint density at radius 3 is 2.26 bits per heavy atom. The van der Waals surface area contributed by atoms with Crippen LogP contribution in [-0.4, -0.2) is 5.97 Å². The van der Waals surface area contributed by atoms with E-state index < -0.39 is 23.4 Å². The number of halogens is 3. The van der Waals surface area contributed by atoms with Crippen LogP contribution in [-0.2, 0) is 6.42 Å². The third-order valence-electron chi connectivity index (χ3n) is 7.71. The molecule has 0 unspecified atom stereocenters. The highest BCUT2D eigenvalue weighted by atomic mass is 19.1. The zero-order chi connectivity index (χ0) is 27.1. The molecule has 200 valence electrons. The summed E-state index contributed by atoms with van der Waals surface area (Å²) in [5.41, 5.74) is 1.92. The van der Waals surface area contributed by atoms with Crippen molar-refractivity contribution in [1.29, 1.82) is 0 Å². The van der Waals surface area contributed by atoms with Crippen LogP contribution in [0.15, 0.2) is 72.8 Å². The molecule has 0 aliphatic heterocycles. The second-order valence-electron chi connectivity index (χ2n) is 10.4. The summed E-state index contributed by atoms with van der Waals surface area (Å²) in [5, 5.41) is 0. The monoisotopic (exact) mass is 520 g/mol. The molecule has 2 nitrogen and oxygen atoms in total. The fraction of sp³-hybridized carbons (Fsp3) is 0.364. The Hall–Kier alpha value is -3.34. The molecule has 0 aromatic heterocycles. The lowest BCUT2D eigenvalue weighted by Gasteiger charge is -2.30. The first-order valence-corrected chi connectivity index (χ1v) is 13.5. The minimum absolute atomic E-state index is 0.0670. The fourth-order valence-corrected chi connectivity index (χ4v) is 5.53. The average molecular weight is 521 g/mol. The van der Waals surface area contributed by atoms with Crippen LogP contribution in [0.1, 0.15) is 91.3 Å². The molecule has 1 atom stereocenters. The molecule has 5 heteroatoms. The van der Waals surface area contributed by atoms with Crippen LogP contribution >= 0.6 is 0 Å². The fourth-order valence-electron chi connectivity index (χ4n) is 5.53. The molecular weight excluding hydrogens is 485 g/mol. The van der Waals surface area contributed by atoms with Crippen LogP contribution in [0.25, 0.3) is 0 Å². The van der Waals surface area contributed by atoms with E-state index in [0.29, 0.717) is 18.3 Å². The molecule has 3 aromatic rings. The van der Waals surface area contributed by atoms with Crippen molar-refractivity contribution in [2.45, 2.75) is 70.6 Å². The van der Waals surface area contributed by atoms with Gasteiger partial charge in [-0.2, -0.15) is 0 Å². The van der Waals surface area contributed by atoms with Gasteiger partial charge in [0, 0.05) is 17.7 Å². The van der Waals surface area contributed by atoms with Gasteiger partial charge in [-0.1, -0.05) is 55.5 Å². The van der Waals surface area contributed by atoms with Crippen LogP contribution in [0.3, 0.4) is 0 Å². The predicted octanol–water partition coefficient (Wildman–Crippen LogP) is 9.30. The minimum atomic E-state index is -0.979. The topological polar surface area (TPSA) is 26.3 Å². The number of ether oxygens (including phenoxy) is 1. The van der Waals surface area contributed by atoms with E-state index in [1.807, 2.05) is 25.1 Å². The summed E-state index contributed by atoms with van der Waals surface area (Å²) >= 11 is 0. The van der Waals surface area contributed by atoms with Gasteiger partial charge >= 0.3 is 5.97 Å². The van der Waals surface area contributed by atoms with Crippen LogP contribution in [0.4, 0.5) is 13.2 Å². The minimum Gasteiger partial charge on any atom is -0.423 e. The number of rotatable bonds is 9. The largest absolute Gasteiger partial charge is 0.423 e. The maximum Gasteiger partial charge on any atom is 0.346 e. The summed E-state index contributed by atoms with van der Waals surface area (Å²) in [6.45, 7) is 4.11. The van der Waals surface area contributed by atoms with E-state index in [4.69, 9.17) is 4.74 Å². The number of allylic oxidation sites excluding steroid dienone is 2. The summed E-state index contributed by atoms with van der Waals surface area (Å²) in [5.74, 6) is -2.12. The zero-order valence-electron chi connectivity index (χ0n) is 22.1. The van der Waals surface area contributed by atoms with Gasteiger partial charge in [0.1, 0.15) is 23.2 Å². The summed E-state index contributed by atoms with van der Waals surface area (Å²) in [7, 11) is 0. The van der Waals surface area contributed by atoms with Crippen molar-refractivity contribution in [2.75, 3.05) is 0 Å². The van der Waals surface area contributed by atoms with E-state index >= 15 is 0 Å². The van der Waals surface area contributed by atoms with Crippen molar-refractivity contribution in [3.8, 4) is 5.75 Å². The second kappa shape index (κ2) is 12.9. The van der Waals surface area contributed by atoms with Crippen molar-refractivity contribution >= 4 is 5.97 Å². The van der Waals surface area contributed by atoms with Gasteiger partial charge in [-0.3, -0.25) is 0 Å². The highest BCUT2D eigenvalue weighted by Gasteiger charge is 2.25. The van der Waals surface area contributed by atoms with Crippen molar-refractivity contribution in [3.05, 3.63) is 113 Å². The quantitative estimate of drug-likeness (QED) is 0.160. The molecule has 4 rings (SSSR count). The number of esters is 1. The lowest BCUT2D eigenvalue weighted by atomic mass is 9.75. The zero-order valence-corrected chi connectivity index (χ0v) is 22.1. The molecule has 3 aromatic carbocycles. The van der Waals surface area contributed by atoms with Crippen molar-refractivity contribution in [1.82, 2.24) is 0 Å². The Kier molecular flexibility index (Phi) is 9.43.